The number of imide groups is 1. The normalized spacial score (nSPS) is 11.6. The van der Waals surface area contributed by atoms with Gasteiger partial charge >= 0.3 is 12.2 Å². The van der Waals surface area contributed by atoms with Crippen molar-refractivity contribution in [2.45, 2.75) is 52.7 Å². The second kappa shape index (κ2) is 10.7. The zero-order chi connectivity index (χ0) is 25.7. The highest BCUT2D eigenvalue weighted by molar-refractivity contribution is 5.94. The lowest BCUT2D eigenvalue weighted by molar-refractivity contribution is -0.0569. The molecule has 2 aromatic rings. The van der Waals surface area contributed by atoms with Crippen LogP contribution in [0.1, 0.15) is 51.9 Å². The third-order valence-corrected chi connectivity index (χ3v) is 4.34. The monoisotopic (exact) mass is 474 g/mol. The molecule has 0 fully saturated rings. The standard InChI is InChI=1S/C25H34N2O7/c1-24(2,3)33-22(29)27(23(30)34-25(4,5)6)15-31-16-32-21-13-18-12-20(26(7)8)10-9-17(18)11-19(21)14-28/h9-14H,15-16H2,1-8H3. The van der Waals surface area contributed by atoms with Crippen molar-refractivity contribution in [1.29, 1.82) is 0 Å². The molecule has 0 saturated carbocycles. The quantitative estimate of drug-likeness (QED) is 0.307. The van der Waals surface area contributed by atoms with Crippen LogP contribution >= 0.6 is 0 Å². The summed E-state index contributed by atoms with van der Waals surface area (Å²) in [6, 6.07) is 9.34. The highest BCUT2D eigenvalue weighted by atomic mass is 16.7. The van der Waals surface area contributed by atoms with E-state index in [4.69, 9.17) is 18.9 Å². The van der Waals surface area contributed by atoms with Crippen LogP contribution in [0, 0.1) is 0 Å². The Balaban J connectivity index is 2.13. The van der Waals surface area contributed by atoms with Crippen molar-refractivity contribution in [3.05, 3.63) is 35.9 Å². The van der Waals surface area contributed by atoms with Crippen LogP contribution in [0.5, 0.6) is 5.75 Å². The number of nitrogens with zero attached hydrogens (tertiary/aromatic N) is 2. The van der Waals surface area contributed by atoms with E-state index in [-0.39, 0.29) is 6.79 Å². The van der Waals surface area contributed by atoms with Gasteiger partial charge in [0.25, 0.3) is 0 Å². The topological polar surface area (TPSA) is 94.6 Å². The third-order valence-electron chi connectivity index (χ3n) is 4.34. The van der Waals surface area contributed by atoms with Gasteiger partial charge in [-0.05, 0) is 76.6 Å². The molecule has 9 nitrogen and oxygen atoms in total. The van der Waals surface area contributed by atoms with Crippen molar-refractivity contribution in [3.8, 4) is 5.75 Å². The van der Waals surface area contributed by atoms with Crippen molar-refractivity contribution >= 4 is 34.9 Å². The fourth-order valence-electron chi connectivity index (χ4n) is 2.82. The highest BCUT2D eigenvalue weighted by Crippen LogP contribution is 2.28. The Bertz CT molecular complexity index is 1010. The van der Waals surface area contributed by atoms with Gasteiger partial charge in [-0.25, -0.2) is 9.59 Å². The minimum absolute atomic E-state index is 0.318. The van der Waals surface area contributed by atoms with E-state index < -0.39 is 30.1 Å². The summed E-state index contributed by atoms with van der Waals surface area (Å²) in [4.78, 5) is 39.3. The van der Waals surface area contributed by atoms with Crippen molar-refractivity contribution in [1.82, 2.24) is 4.90 Å². The molecule has 0 aromatic heterocycles. The number of rotatable bonds is 7. The summed E-state index contributed by atoms with van der Waals surface area (Å²) in [6.07, 6.45) is -1.11. The lowest BCUT2D eigenvalue weighted by atomic mass is 10.1. The molecule has 2 amide bonds. The molecule has 0 saturated heterocycles. The molecule has 0 N–H and O–H groups in total. The van der Waals surface area contributed by atoms with Crippen molar-refractivity contribution < 1.29 is 33.3 Å². The Labute approximate surface area is 200 Å². The van der Waals surface area contributed by atoms with Gasteiger partial charge in [0.15, 0.2) is 13.1 Å². The summed E-state index contributed by atoms with van der Waals surface area (Å²) in [5, 5.41) is 1.78. The third kappa shape index (κ3) is 7.91. The molecule has 0 bridgehead atoms. The van der Waals surface area contributed by atoms with Crippen LogP contribution in [-0.2, 0) is 14.2 Å². The molecular weight excluding hydrogens is 440 g/mol. The first-order valence-corrected chi connectivity index (χ1v) is 10.8. The van der Waals surface area contributed by atoms with Crippen LogP contribution in [0.25, 0.3) is 10.8 Å². The molecule has 0 heterocycles. The molecule has 2 rings (SSSR count). The Morgan fingerprint density at radius 2 is 1.47 bits per heavy atom. The van der Waals surface area contributed by atoms with Gasteiger partial charge in [-0.2, -0.15) is 4.90 Å². The smallest absolute Gasteiger partial charge is 0.421 e. The Morgan fingerprint density at radius 3 is 1.97 bits per heavy atom. The van der Waals surface area contributed by atoms with Gasteiger partial charge in [0, 0.05) is 19.8 Å². The zero-order valence-corrected chi connectivity index (χ0v) is 21.1. The fraction of sp³-hybridized carbons (Fsp3) is 0.480. The molecule has 0 aliphatic rings. The number of anilines is 1. The van der Waals surface area contributed by atoms with Crippen LogP contribution in [0.15, 0.2) is 30.3 Å². The molecule has 2 aromatic carbocycles. The summed E-state index contributed by atoms with van der Waals surface area (Å²) < 4.78 is 21.6. The van der Waals surface area contributed by atoms with Gasteiger partial charge in [0.1, 0.15) is 23.7 Å². The molecule has 0 unspecified atom stereocenters. The number of carbonyl (C=O) groups excluding carboxylic acids is 3. The first-order chi connectivity index (χ1) is 15.7. The summed E-state index contributed by atoms with van der Waals surface area (Å²) in [5.41, 5.74) is -0.282. The molecule has 0 spiro atoms. The number of fused-ring (bicyclic) bond motifs is 1. The maximum absolute atomic E-state index is 12.5. The van der Waals surface area contributed by atoms with Gasteiger partial charge in [0.05, 0.1) is 5.56 Å². The van der Waals surface area contributed by atoms with E-state index in [9.17, 15) is 14.4 Å². The maximum atomic E-state index is 12.5. The average molecular weight is 475 g/mol. The van der Waals surface area contributed by atoms with Crippen molar-refractivity contribution in [2.75, 3.05) is 32.5 Å². The maximum Gasteiger partial charge on any atom is 0.421 e. The zero-order valence-electron chi connectivity index (χ0n) is 21.1. The van der Waals surface area contributed by atoms with Crippen LogP contribution in [0.3, 0.4) is 0 Å². The van der Waals surface area contributed by atoms with E-state index in [0.717, 1.165) is 16.5 Å². The first-order valence-electron chi connectivity index (χ1n) is 10.8. The minimum atomic E-state index is -0.905. The highest BCUT2D eigenvalue weighted by Gasteiger charge is 2.31. The Morgan fingerprint density at radius 1 is 0.882 bits per heavy atom. The number of benzene rings is 2. The first kappa shape index (κ1) is 26.9. The average Bonchev–Trinajstić information content (AvgIpc) is 2.69. The van der Waals surface area contributed by atoms with Gasteiger partial charge in [0.2, 0.25) is 0 Å². The Hall–Kier alpha value is -3.33. The van der Waals surface area contributed by atoms with Crippen LogP contribution in [-0.4, -0.2) is 62.2 Å². The molecular formula is C25H34N2O7. The number of carbonyl (C=O) groups is 3. The number of aldehydes is 1. The van der Waals surface area contributed by atoms with Gasteiger partial charge < -0.3 is 23.8 Å². The van der Waals surface area contributed by atoms with Gasteiger partial charge in [-0.1, -0.05) is 6.07 Å². The molecule has 34 heavy (non-hydrogen) atoms. The molecule has 186 valence electrons. The number of hydrogen-bond donors (Lipinski definition) is 0. The summed E-state index contributed by atoms with van der Waals surface area (Å²) >= 11 is 0. The number of ether oxygens (including phenoxy) is 4. The van der Waals surface area contributed by atoms with Crippen LogP contribution < -0.4 is 9.64 Å². The predicted octanol–water partition coefficient (Wildman–Crippen LogP) is 5.20. The molecule has 0 aliphatic carbocycles. The molecule has 0 radical (unpaired) electrons. The predicted molar refractivity (Wildman–Crippen MR) is 129 cm³/mol. The van der Waals surface area contributed by atoms with E-state index >= 15 is 0 Å². The Kier molecular flexibility index (Phi) is 8.50. The van der Waals surface area contributed by atoms with E-state index in [1.54, 1.807) is 53.7 Å². The van der Waals surface area contributed by atoms with E-state index in [1.807, 2.05) is 37.2 Å². The second-order valence-electron chi connectivity index (χ2n) is 9.92. The van der Waals surface area contributed by atoms with Crippen LogP contribution in [0.2, 0.25) is 0 Å². The number of hydrogen-bond acceptors (Lipinski definition) is 8. The second-order valence-corrected chi connectivity index (χ2v) is 9.92. The minimum Gasteiger partial charge on any atom is -0.467 e. The van der Waals surface area contributed by atoms with Crippen LogP contribution in [0.4, 0.5) is 15.3 Å². The summed E-state index contributed by atoms with van der Waals surface area (Å²) in [6.45, 7) is 9.33. The van der Waals surface area contributed by atoms with Crippen molar-refractivity contribution in [3.63, 3.8) is 0 Å². The van der Waals surface area contributed by atoms with Gasteiger partial charge in [-0.15, -0.1) is 0 Å². The summed E-state index contributed by atoms with van der Waals surface area (Å²) in [7, 11) is 3.88. The molecule has 0 atom stereocenters. The molecule has 9 heteroatoms. The lowest BCUT2D eigenvalue weighted by Gasteiger charge is -2.28. The summed E-state index contributed by atoms with van der Waals surface area (Å²) in [5.74, 6) is 0.319. The number of amides is 2. The van der Waals surface area contributed by atoms with Crippen molar-refractivity contribution in [2.24, 2.45) is 0 Å². The molecule has 0 aliphatic heterocycles. The van der Waals surface area contributed by atoms with Gasteiger partial charge in [-0.3, -0.25) is 4.79 Å². The lowest BCUT2D eigenvalue weighted by Crippen LogP contribution is -2.44. The fourth-order valence-corrected chi connectivity index (χ4v) is 2.82. The van der Waals surface area contributed by atoms with E-state index in [2.05, 4.69) is 0 Å². The SMILES string of the molecule is CN(C)c1ccc2cc(C=O)c(OCOCN(C(=O)OC(C)(C)C)C(=O)OC(C)(C)C)cc2c1. The van der Waals surface area contributed by atoms with E-state index in [1.165, 1.54) is 0 Å². The van der Waals surface area contributed by atoms with E-state index in [0.29, 0.717) is 22.5 Å². The largest absolute Gasteiger partial charge is 0.467 e.